The molecule has 0 atom stereocenters. The Hall–Kier alpha value is -7.68. The first-order valence-electron chi connectivity index (χ1n) is 21.2. The van der Waals surface area contributed by atoms with Crippen molar-refractivity contribution in [2.75, 3.05) is 4.90 Å². The summed E-state index contributed by atoms with van der Waals surface area (Å²) in [5.41, 5.74) is 21.8. The summed E-state index contributed by atoms with van der Waals surface area (Å²) < 4.78 is 2.39. The minimum absolute atomic E-state index is 0.251. The predicted octanol–water partition coefficient (Wildman–Crippen LogP) is 16.1. The van der Waals surface area contributed by atoms with Crippen molar-refractivity contribution in [2.45, 2.75) is 19.3 Å². The van der Waals surface area contributed by atoms with Crippen LogP contribution < -0.4 is 4.90 Å². The monoisotopic (exact) mass is 780 g/mol. The standard InChI is InChI=1S/C59H44N2/c1-59(2)53-39-47(58-57(46-23-13-6-14-24-46)56(45-21-11-5-12-22-45)55-25-15-16-38-60(55)58)30-36-51(53)52-37-35-50(40-54(52)59)61(48-31-26-43(27-32-48)41-17-7-3-8-18-41)49-33-28-44(29-34-49)42-19-9-4-10-20-42/h3-40H,1-2H3. The molecule has 10 aromatic rings. The number of benzene rings is 8. The summed E-state index contributed by atoms with van der Waals surface area (Å²) in [5.74, 6) is 0. The molecule has 8 aromatic carbocycles. The van der Waals surface area contributed by atoms with E-state index in [1.165, 1.54) is 83.5 Å². The Balaban J connectivity index is 1.03. The van der Waals surface area contributed by atoms with E-state index in [0.717, 1.165) is 17.1 Å². The quantitative estimate of drug-likeness (QED) is 0.149. The molecule has 0 radical (unpaired) electrons. The van der Waals surface area contributed by atoms with E-state index in [4.69, 9.17) is 0 Å². The van der Waals surface area contributed by atoms with E-state index in [2.05, 4.69) is 254 Å². The van der Waals surface area contributed by atoms with Crippen LogP contribution in [0.15, 0.2) is 231 Å². The molecule has 2 aromatic heterocycles. The van der Waals surface area contributed by atoms with E-state index in [1.807, 2.05) is 0 Å². The Bertz CT molecular complexity index is 3080. The first kappa shape index (κ1) is 36.4. The van der Waals surface area contributed by atoms with Gasteiger partial charge in [0.1, 0.15) is 0 Å². The molecular formula is C59H44N2. The molecule has 0 unspecified atom stereocenters. The molecule has 11 rings (SSSR count). The van der Waals surface area contributed by atoms with Gasteiger partial charge in [0.15, 0.2) is 0 Å². The molecule has 0 saturated heterocycles. The lowest BCUT2D eigenvalue weighted by Gasteiger charge is -2.28. The first-order chi connectivity index (χ1) is 30.0. The van der Waals surface area contributed by atoms with Crippen LogP contribution in [0.25, 0.3) is 72.4 Å². The van der Waals surface area contributed by atoms with Crippen molar-refractivity contribution in [1.29, 1.82) is 0 Å². The van der Waals surface area contributed by atoms with Crippen LogP contribution in [0.4, 0.5) is 17.1 Å². The number of nitrogens with zero attached hydrogens (tertiary/aromatic N) is 2. The molecule has 1 aliphatic rings. The summed E-state index contributed by atoms with van der Waals surface area (Å²) in [6.07, 6.45) is 2.22. The largest absolute Gasteiger partial charge is 0.315 e. The number of aromatic nitrogens is 1. The molecule has 0 fully saturated rings. The molecule has 0 bridgehead atoms. The molecular weight excluding hydrogens is 737 g/mol. The maximum absolute atomic E-state index is 2.47. The van der Waals surface area contributed by atoms with Gasteiger partial charge in [0.05, 0.1) is 11.2 Å². The van der Waals surface area contributed by atoms with Gasteiger partial charge in [0, 0.05) is 39.8 Å². The second kappa shape index (κ2) is 14.9. The SMILES string of the molecule is CC1(C)c2cc(-c3c(-c4ccccc4)c(-c4ccccc4)c4ccccn34)ccc2-c2ccc(N(c3ccc(-c4ccccc4)cc3)c3ccc(-c4ccccc4)cc3)cc21. The second-order valence-corrected chi connectivity index (χ2v) is 16.6. The molecule has 0 spiro atoms. The van der Waals surface area contributed by atoms with Crippen LogP contribution in [-0.2, 0) is 5.41 Å². The Morgan fingerprint density at radius 2 is 0.754 bits per heavy atom. The Kier molecular flexibility index (Phi) is 8.86. The minimum Gasteiger partial charge on any atom is -0.315 e. The number of fused-ring (bicyclic) bond motifs is 4. The van der Waals surface area contributed by atoms with Crippen LogP contribution in [0.2, 0.25) is 0 Å². The van der Waals surface area contributed by atoms with Gasteiger partial charge >= 0.3 is 0 Å². The number of rotatable bonds is 8. The van der Waals surface area contributed by atoms with E-state index in [1.54, 1.807) is 0 Å². The van der Waals surface area contributed by atoms with Crippen molar-refractivity contribution in [3.63, 3.8) is 0 Å². The van der Waals surface area contributed by atoms with Gasteiger partial charge in [-0.15, -0.1) is 0 Å². The Morgan fingerprint density at radius 3 is 1.30 bits per heavy atom. The predicted molar refractivity (Wildman–Crippen MR) is 257 cm³/mol. The Morgan fingerprint density at radius 1 is 0.344 bits per heavy atom. The lowest BCUT2D eigenvalue weighted by molar-refractivity contribution is 0.660. The van der Waals surface area contributed by atoms with Crippen LogP contribution in [0.3, 0.4) is 0 Å². The third kappa shape index (κ3) is 6.27. The smallest absolute Gasteiger partial charge is 0.0613 e. The zero-order valence-corrected chi connectivity index (χ0v) is 34.3. The van der Waals surface area contributed by atoms with Crippen molar-refractivity contribution in [3.8, 4) is 66.9 Å². The number of anilines is 3. The summed E-state index contributed by atoms with van der Waals surface area (Å²) in [4.78, 5) is 2.40. The van der Waals surface area contributed by atoms with Gasteiger partial charge in [-0.2, -0.15) is 0 Å². The summed E-state index contributed by atoms with van der Waals surface area (Å²) >= 11 is 0. The number of pyridine rings is 1. The van der Waals surface area contributed by atoms with Crippen LogP contribution in [0.1, 0.15) is 25.0 Å². The van der Waals surface area contributed by atoms with E-state index in [9.17, 15) is 0 Å². The van der Waals surface area contributed by atoms with E-state index in [-0.39, 0.29) is 5.41 Å². The van der Waals surface area contributed by atoms with Crippen molar-refractivity contribution < 1.29 is 0 Å². The molecule has 61 heavy (non-hydrogen) atoms. The van der Waals surface area contributed by atoms with E-state index >= 15 is 0 Å². The lowest BCUT2D eigenvalue weighted by atomic mass is 9.81. The second-order valence-electron chi connectivity index (χ2n) is 16.6. The lowest BCUT2D eigenvalue weighted by Crippen LogP contribution is -2.16. The Labute approximate surface area is 358 Å². The highest BCUT2D eigenvalue weighted by molar-refractivity contribution is 6.03. The van der Waals surface area contributed by atoms with Gasteiger partial charge in [-0.25, -0.2) is 0 Å². The number of hydrogen-bond acceptors (Lipinski definition) is 1. The highest BCUT2D eigenvalue weighted by Gasteiger charge is 2.37. The van der Waals surface area contributed by atoms with Gasteiger partial charge in [-0.1, -0.05) is 184 Å². The summed E-state index contributed by atoms with van der Waals surface area (Å²) in [6.45, 7) is 4.78. The molecule has 0 N–H and O–H groups in total. The van der Waals surface area contributed by atoms with Crippen molar-refractivity contribution in [1.82, 2.24) is 4.40 Å². The van der Waals surface area contributed by atoms with E-state index < -0.39 is 0 Å². The molecule has 2 heterocycles. The fourth-order valence-electron chi connectivity index (χ4n) is 9.60. The van der Waals surface area contributed by atoms with Crippen molar-refractivity contribution >= 4 is 22.6 Å². The van der Waals surface area contributed by atoms with Crippen molar-refractivity contribution in [2.24, 2.45) is 0 Å². The normalized spacial score (nSPS) is 12.6. The number of hydrogen-bond donors (Lipinski definition) is 0. The van der Waals surface area contributed by atoms with Crippen LogP contribution >= 0.6 is 0 Å². The maximum atomic E-state index is 2.47. The van der Waals surface area contributed by atoms with Crippen LogP contribution in [0, 0.1) is 0 Å². The molecule has 0 aliphatic heterocycles. The fraction of sp³-hybridized carbons (Fsp3) is 0.0508. The molecule has 290 valence electrons. The van der Waals surface area contributed by atoms with Gasteiger partial charge in [-0.3, -0.25) is 0 Å². The van der Waals surface area contributed by atoms with Gasteiger partial charge in [-0.05, 0) is 116 Å². The molecule has 2 nitrogen and oxygen atoms in total. The third-order valence-corrected chi connectivity index (χ3v) is 12.6. The highest BCUT2D eigenvalue weighted by Crippen LogP contribution is 2.53. The highest BCUT2D eigenvalue weighted by atomic mass is 15.1. The van der Waals surface area contributed by atoms with Crippen molar-refractivity contribution in [3.05, 3.63) is 242 Å². The third-order valence-electron chi connectivity index (χ3n) is 12.6. The first-order valence-corrected chi connectivity index (χ1v) is 21.2. The molecule has 1 aliphatic carbocycles. The summed E-state index contributed by atoms with van der Waals surface area (Å²) in [6, 6.07) is 81.7. The topological polar surface area (TPSA) is 7.65 Å². The van der Waals surface area contributed by atoms with Gasteiger partial charge in [0.25, 0.3) is 0 Å². The summed E-state index contributed by atoms with van der Waals surface area (Å²) in [7, 11) is 0. The average molecular weight is 781 g/mol. The van der Waals surface area contributed by atoms with E-state index in [0.29, 0.717) is 0 Å². The van der Waals surface area contributed by atoms with Gasteiger partial charge in [0.2, 0.25) is 0 Å². The maximum Gasteiger partial charge on any atom is 0.0613 e. The van der Waals surface area contributed by atoms with Crippen LogP contribution in [0.5, 0.6) is 0 Å². The zero-order chi connectivity index (χ0) is 40.9. The molecule has 2 heteroatoms. The molecule has 0 amide bonds. The average Bonchev–Trinajstić information content (AvgIpc) is 3.79. The van der Waals surface area contributed by atoms with Crippen LogP contribution in [-0.4, -0.2) is 4.40 Å². The fourth-order valence-corrected chi connectivity index (χ4v) is 9.60. The molecule has 0 saturated carbocycles. The zero-order valence-electron chi connectivity index (χ0n) is 34.3. The minimum atomic E-state index is -0.251. The summed E-state index contributed by atoms with van der Waals surface area (Å²) in [5, 5.41) is 0. The van der Waals surface area contributed by atoms with Gasteiger partial charge < -0.3 is 9.30 Å².